The number of benzene rings is 2. The minimum atomic E-state index is -0.0197. The van der Waals surface area contributed by atoms with Crippen molar-refractivity contribution in [1.82, 2.24) is 5.32 Å². The number of rotatable bonds is 6. The van der Waals surface area contributed by atoms with E-state index in [2.05, 4.69) is 18.3 Å². The van der Waals surface area contributed by atoms with Gasteiger partial charge in [-0.2, -0.15) is 0 Å². The van der Waals surface area contributed by atoms with E-state index >= 15 is 0 Å². The Kier molecular flexibility index (Phi) is 5.94. The highest BCUT2D eigenvalue weighted by Gasteiger charge is 2.17. The Morgan fingerprint density at radius 1 is 1.21 bits per heavy atom. The average Bonchev–Trinajstić information content (AvgIpc) is 3.13. The van der Waals surface area contributed by atoms with Gasteiger partial charge in [-0.25, -0.2) is 0 Å². The van der Waals surface area contributed by atoms with E-state index in [1.54, 1.807) is 11.8 Å². The Morgan fingerprint density at radius 3 is 2.79 bits per heavy atom. The molecule has 0 radical (unpaired) electrons. The predicted molar refractivity (Wildman–Crippen MR) is 98.5 cm³/mol. The Hall–Kier alpha value is -1.78. The van der Waals surface area contributed by atoms with Crippen LogP contribution in [-0.2, 0) is 11.3 Å². The molecule has 1 N–H and O–H groups in total. The van der Waals surface area contributed by atoms with Gasteiger partial charge in [0, 0.05) is 23.8 Å². The third-order valence-corrected chi connectivity index (χ3v) is 5.49. The Morgan fingerprint density at radius 2 is 2.00 bits per heavy atom. The van der Waals surface area contributed by atoms with Gasteiger partial charge in [0.2, 0.25) is 0 Å². The van der Waals surface area contributed by atoms with Gasteiger partial charge < -0.3 is 10.1 Å². The van der Waals surface area contributed by atoms with E-state index in [0.717, 1.165) is 41.2 Å². The van der Waals surface area contributed by atoms with Crippen LogP contribution >= 0.6 is 11.8 Å². The molecule has 2 aromatic carbocycles. The summed E-state index contributed by atoms with van der Waals surface area (Å²) in [5.41, 5.74) is 3.09. The number of hydrogen-bond donors (Lipinski definition) is 1. The molecule has 3 rings (SSSR count). The summed E-state index contributed by atoms with van der Waals surface area (Å²) in [6.07, 6.45) is 2.58. The lowest BCUT2D eigenvalue weighted by molar-refractivity contribution is 0.0947. The zero-order valence-electron chi connectivity index (χ0n) is 14.0. The molecule has 1 unspecified atom stereocenters. The highest BCUT2D eigenvalue weighted by molar-refractivity contribution is 7.99. The number of aryl methyl sites for hydroxylation is 1. The van der Waals surface area contributed by atoms with Gasteiger partial charge >= 0.3 is 0 Å². The highest BCUT2D eigenvalue weighted by Crippen LogP contribution is 2.26. The third kappa shape index (κ3) is 4.40. The van der Waals surface area contributed by atoms with E-state index in [4.69, 9.17) is 4.74 Å². The first-order valence-corrected chi connectivity index (χ1v) is 9.39. The zero-order chi connectivity index (χ0) is 16.8. The predicted octanol–water partition coefficient (Wildman–Crippen LogP) is 4.20. The van der Waals surface area contributed by atoms with Crippen LogP contribution in [0.25, 0.3) is 0 Å². The topological polar surface area (TPSA) is 38.3 Å². The maximum atomic E-state index is 12.6. The van der Waals surface area contributed by atoms with Crippen LogP contribution in [0.4, 0.5) is 0 Å². The Bertz CT molecular complexity index is 696. The fourth-order valence-corrected chi connectivity index (χ4v) is 3.94. The molecule has 3 nitrogen and oxygen atoms in total. The third-order valence-electron chi connectivity index (χ3n) is 4.28. The zero-order valence-corrected chi connectivity index (χ0v) is 14.8. The fourth-order valence-electron chi connectivity index (χ4n) is 2.82. The number of carbonyl (C=O) groups excluding carboxylic acids is 1. The van der Waals surface area contributed by atoms with Crippen molar-refractivity contribution in [2.45, 2.75) is 37.3 Å². The van der Waals surface area contributed by atoms with Gasteiger partial charge in [0.15, 0.2) is 0 Å². The van der Waals surface area contributed by atoms with Gasteiger partial charge in [-0.05, 0) is 43.0 Å². The lowest BCUT2D eigenvalue weighted by Crippen LogP contribution is -2.24. The number of ether oxygens (including phenoxy) is 1. The SMILES string of the molecule is Cc1ccccc1CNC(=O)c1ccccc1SCC1CCCO1. The van der Waals surface area contributed by atoms with E-state index in [1.807, 2.05) is 42.5 Å². The van der Waals surface area contributed by atoms with E-state index in [1.165, 1.54) is 5.56 Å². The minimum Gasteiger partial charge on any atom is -0.377 e. The van der Waals surface area contributed by atoms with Crippen LogP contribution in [-0.4, -0.2) is 24.4 Å². The molecule has 1 fully saturated rings. The van der Waals surface area contributed by atoms with Crippen molar-refractivity contribution in [3.8, 4) is 0 Å². The van der Waals surface area contributed by atoms with Crippen LogP contribution < -0.4 is 5.32 Å². The molecule has 1 heterocycles. The van der Waals surface area contributed by atoms with Crippen molar-refractivity contribution in [3.05, 3.63) is 65.2 Å². The summed E-state index contributed by atoms with van der Waals surface area (Å²) in [7, 11) is 0. The van der Waals surface area contributed by atoms with Crippen LogP contribution in [0.1, 0.15) is 34.3 Å². The number of nitrogens with one attached hydrogen (secondary N) is 1. The quantitative estimate of drug-likeness (QED) is 0.801. The van der Waals surface area contributed by atoms with Crippen LogP contribution in [0, 0.1) is 6.92 Å². The molecule has 0 saturated carbocycles. The van der Waals surface area contributed by atoms with Crippen molar-refractivity contribution in [2.75, 3.05) is 12.4 Å². The van der Waals surface area contributed by atoms with Crippen LogP contribution in [0.15, 0.2) is 53.4 Å². The second-order valence-corrected chi connectivity index (χ2v) is 7.11. The molecular weight excluding hydrogens is 318 g/mol. The van der Waals surface area contributed by atoms with Gasteiger partial charge in [0.25, 0.3) is 5.91 Å². The molecule has 0 bridgehead atoms. The first kappa shape index (κ1) is 17.1. The Balaban J connectivity index is 1.62. The van der Waals surface area contributed by atoms with Gasteiger partial charge in [-0.15, -0.1) is 11.8 Å². The van der Waals surface area contributed by atoms with E-state index in [9.17, 15) is 4.79 Å². The minimum absolute atomic E-state index is 0.0197. The first-order chi connectivity index (χ1) is 11.7. The smallest absolute Gasteiger partial charge is 0.252 e. The van der Waals surface area contributed by atoms with E-state index < -0.39 is 0 Å². The van der Waals surface area contributed by atoms with Crippen molar-refractivity contribution in [1.29, 1.82) is 0 Å². The van der Waals surface area contributed by atoms with E-state index in [0.29, 0.717) is 12.6 Å². The maximum absolute atomic E-state index is 12.6. The summed E-state index contributed by atoms with van der Waals surface area (Å²) in [6, 6.07) is 15.9. The van der Waals surface area contributed by atoms with Crippen LogP contribution in [0.2, 0.25) is 0 Å². The van der Waals surface area contributed by atoms with E-state index in [-0.39, 0.29) is 5.91 Å². The summed E-state index contributed by atoms with van der Waals surface area (Å²) in [4.78, 5) is 13.6. The van der Waals surface area contributed by atoms with Crippen molar-refractivity contribution < 1.29 is 9.53 Å². The molecule has 126 valence electrons. The monoisotopic (exact) mass is 341 g/mol. The number of amides is 1. The highest BCUT2D eigenvalue weighted by atomic mass is 32.2. The molecule has 0 aromatic heterocycles. The summed E-state index contributed by atoms with van der Waals surface area (Å²) in [5.74, 6) is 0.885. The van der Waals surface area contributed by atoms with Crippen molar-refractivity contribution >= 4 is 17.7 Å². The molecule has 24 heavy (non-hydrogen) atoms. The molecule has 1 saturated heterocycles. The molecule has 4 heteroatoms. The van der Waals surface area contributed by atoms with Gasteiger partial charge in [0.05, 0.1) is 11.7 Å². The number of hydrogen-bond acceptors (Lipinski definition) is 3. The molecule has 1 amide bonds. The fraction of sp³-hybridized carbons (Fsp3) is 0.350. The van der Waals surface area contributed by atoms with Crippen molar-refractivity contribution in [2.24, 2.45) is 0 Å². The molecule has 1 atom stereocenters. The summed E-state index contributed by atoms with van der Waals surface area (Å²) in [6.45, 7) is 3.48. The second kappa shape index (κ2) is 8.36. The molecule has 1 aliphatic rings. The average molecular weight is 341 g/mol. The van der Waals surface area contributed by atoms with Crippen LogP contribution in [0.3, 0.4) is 0 Å². The molecule has 0 aliphatic carbocycles. The maximum Gasteiger partial charge on any atom is 0.252 e. The summed E-state index contributed by atoms with van der Waals surface area (Å²) < 4.78 is 5.67. The molecular formula is C20H23NO2S. The molecule has 0 spiro atoms. The molecule has 1 aliphatic heterocycles. The lowest BCUT2D eigenvalue weighted by atomic mass is 10.1. The van der Waals surface area contributed by atoms with Gasteiger partial charge in [-0.3, -0.25) is 4.79 Å². The van der Waals surface area contributed by atoms with Gasteiger partial charge in [0.1, 0.15) is 0 Å². The lowest BCUT2D eigenvalue weighted by Gasteiger charge is -2.13. The summed E-state index contributed by atoms with van der Waals surface area (Å²) >= 11 is 1.71. The largest absolute Gasteiger partial charge is 0.377 e. The summed E-state index contributed by atoms with van der Waals surface area (Å²) in [5, 5.41) is 3.04. The Labute approximate surface area is 147 Å². The normalized spacial score (nSPS) is 17.0. The number of thioether (sulfide) groups is 1. The second-order valence-electron chi connectivity index (χ2n) is 6.05. The molecule has 2 aromatic rings. The standard InChI is InChI=1S/C20H23NO2S/c1-15-7-2-3-8-16(15)13-21-20(22)18-10-4-5-11-19(18)24-14-17-9-6-12-23-17/h2-5,7-8,10-11,17H,6,9,12-14H2,1H3,(H,21,22). The van der Waals surface area contributed by atoms with Gasteiger partial charge in [-0.1, -0.05) is 36.4 Å². The first-order valence-electron chi connectivity index (χ1n) is 8.40. The van der Waals surface area contributed by atoms with Crippen molar-refractivity contribution in [3.63, 3.8) is 0 Å². The number of carbonyl (C=O) groups is 1. The van der Waals surface area contributed by atoms with Crippen LogP contribution in [0.5, 0.6) is 0 Å².